The summed E-state index contributed by atoms with van der Waals surface area (Å²) in [6.07, 6.45) is 1.27. The average Bonchev–Trinajstić information content (AvgIpc) is 2.57. The zero-order valence-corrected chi connectivity index (χ0v) is 13.9. The van der Waals surface area contributed by atoms with E-state index in [4.69, 9.17) is 0 Å². The Morgan fingerprint density at radius 2 is 1.76 bits per heavy atom. The van der Waals surface area contributed by atoms with Gasteiger partial charge >= 0.3 is 0 Å². The number of hydrogen-bond donors (Lipinski definition) is 4. The molecule has 0 bridgehead atoms. The van der Waals surface area contributed by atoms with E-state index < -0.39 is 5.91 Å². The van der Waals surface area contributed by atoms with Crippen LogP contribution in [0.15, 0.2) is 47.6 Å². The van der Waals surface area contributed by atoms with Gasteiger partial charge in [0, 0.05) is 28.8 Å². The quantitative estimate of drug-likeness (QED) is 0.494. The maximum atomic E-state index is 12.0. The minimum atomic E-state index is -0.434. The van der Waals surface area contributed by atoms with Crippen molar-refractivity contribution in [2.75, 3.05) is 5.32 Å². The van der Waals surface area contributed by atoms with Gasteiger partial charge in [-0.15, -0.1) is 0 Å². The maximum absolute atomic E-state index is 12.0. The molecule has 2 rings (SSSR count). The first kappa shape index (κ1) is 18.0. The van der Waals surface area contributed by atoms with E-state index in [1.807, 2.05) is 0 Å². The predicted molar refractivity (Wildman–Crippen MR) is 94.7 cm³/mol. The topological polar surface area (TPSA) is 111 Å². The summed E-state index contributed by atoms with van der Waals surface area (Å²) in [4.78, 5) is 23.6. The minimum absolute atomic E-state index is 0.0664. The molecule has 0 aromatic heterocycles. The Morgan fingerprint density at radius 1 is 1.08 bits per heavy atom. The van der Waals surface area contributed by atoms with Gasteiger partial charge in [-0.05, 0) is 36.4 Å². The summed E-state index contributed by atoms with van der Waals surface area (Å²) in [7, 11) is 0. The van der Waals surface area contributed by atoms with Crippen LogP contribution in [-0.2, 0) is 4.79 Å². The normalized spacial score (nSPS) is 10.8. The number of nitrogens with zero attached hydrogens (tertiary/aromatic N) is 1. The lowest BCUT2D eigenvalue weighted by atomic mass is 10.1. The summed E-state index contributed by atoms with van der Waals surface area (Å²) in [5, 5.41) is 25.3. The van der Waals surface area contributed by atoms with E-state index in [9.17, 15) is 19.8 Å². The van der Waals surface area contributed by atoms with Gasteiger partial charge in [0.1, 0.15) is 11.5 Å². The molecule has 0 unspecified atom stereocenters. The number of carbonyl (C=O) groups is 2. The van der Waals surface area contributed by atoms with Crippen molar-refractivity contribution in [3.05, 3.63) is 53.6 Å². The van der Waals surface area contributed by atoms with E-state index in [-0.39, 0.29) is 23.3 Å². The fourth-order valence-corrected chi connectivity index (χ4v) is 1.86. The number of amides is 2. The monoisotopic (exact) mass is 341 g/mol. The molecular formula is C18H19N3O4. The van der Waals surface area contributed by atoms with E-state index in [2.05, 4.69) is 15.8 Å². The van der Waals surface area contributed by atoms with E-state index in [0.29, 0.717) is 16.8 Å². The van der Waals surface area contributed by atoms with Gasteiger partial charge in [0.05, 0.1) is 6.21 Å². The van der Waals surface area contributed by atoms with Gasteiger partial charge in [0.2, 0.25) is 5.91 Å². The van der Waals surface area contributed by atoms with Crippen molar-refractivity contribution in [3.8, 4) is 11.5 Å². The molecule has 2 amide bonds. The third kappa shape index (κ3) is 5.07. The predicted octanol–water partition coefficient (Wildman–Crippen LogP) is 2.46. The molecule has 0 saturated heterocycles. The van der Waals surface area contributed by atoms with Crippen LogP contribution < -0.4 is 10.7 Å². The highest BCUT2D eigenvalue weighted by Crippen LogP contribution is 2.20. The molecule has 4 N–H and O–H groups in total. The fourth-order valence-electron chi connectivity index (χ4n) is 1.86. The summed E-state index contributed by atoms with van der Waals surface area (Å²) in [5.41, 5.74) is 3.66. The number of rotatable bonds is 5. The van der Waals surface area contributed by atoms with Crippen LogP contribution in [0.25, 0.3) is 0 Å². The molecule has 25 heavy (non-hydrogen) atoms. The first-order chi connectivity index (χ1) is 11.9. The van der Waals surface area contributed by atoms with Gasteiger partial charge < -0.3 is 15.5 Å². The summed E-state index contributed by atoms with van der Waals surface area (Å²) >= 11 is 0. The van der Waals surface area contributed by atoms with E-state index in [1.165, 1.54) is 24.4 Å². The van der Waals surface area contributed by atoms with E-state index >= 15 is 0 Å². The van der Waals surface area contributed by atoms with Crippen LogP contribution in [0.5, 0.6) is 11.5 Å². The molecule has 0 spiro atoms. The first-order valence-electron chi connectivity index (χ1n) is 7.63. The van der Waals surface area contributed by atoms with Crippen molar-refractivity contribution in [1.29, 1.82) is 0 Å². The summed E-state index contributed by atoms with van der Waals surface area (Å²) in [6.45, 7) is 3.59. The fraction of sp³-hybridized carbons (Fsp3) is 0.167. The number of anilines is 1. The number of carbonyl (C=O) groups excluding carboxylic acids is 2. The standard InChI is InChI=1S/C18H19N3O4/c1-11(2)17(24)20-14-6-3-12(4-7-14)18(25)21-19-10-13-5-8-15(22)9-16(13)23/h3-11,22-23H,1-2H3,(H,20,24)(H,21,25)/b19-10+. The molecule has 0 aliphatic rings. The highest BCUT2D eigenvalue weighted by Gasteiger charge is 2.08. The van der Waals surface area contributed by atoms with E-state index in [0.717, 1.165) is 0 Å². The van der Waals surface area contributed by atoms with Crippen LogP contribution in [0.4, 0.5) is 5.69 Å². The molecule has 0 aliphatic carbocycles. The third-order valence-corrected chi connectivity index (χ3v) is 3.32. The summed E-state index contributed by atoms with van der Waals surface area (Å²) < 4.78 is 0. The van der Waals surface area contributed by atoms with Gasteiger partial charge in [0.15, 0.2) is 0 Å². The van der Waals surface area contributed by atoms with Crippen molar-refractivity contribution >= 4 is 23.7 Å². The Bertz CT molecular complexity index is 798. The molecular weight excluding hydrogens is 322 g/mol. The molecule has 130 valence electrons. The molecule has 7 heteroatoms. The lowest BCUT2D eigenvalue weighted by Crippen LogP contribution is -2.19. The number of hydrogen-bond acceptors (Lipinski definition) is 5. The highest BCUT2D eigenvalue weighted by atomic mass is 16.3. The smallest absolute Gasteiger partial charge is 0.271 e. The second-order valence-corrected chi connectivity index (χ2v) is 5.66. The van der Waals surface area contributed by atoms with Crippen LogP contribution in [0.3, 0.4) is 0 Å². The minimum Gasteiger partial charge on any atom is -0.508 e. The lowest BCUT2D eigenvalue weighted by molar-refractivity contribution is -0.118. The van der Waals surface area contributed by atoms with Crippen LogP contribution in [0.1, 0.15) is 29.8 Å². The molecule has 0 saturated carbocycles. The van der Waals surface area contributed by atoms with Gasteiger partial charge in [-0.1, -0.05) is 13.8 Å². The Kier molecular flexibility index (Phi) is 5.73. The van der Waals surface area contributed by atoms with E-state index in [1.54, 1.807) is 38.1 Å². The number of phenolic OH excluding ortho intramolecular Hbond substituents is 2. The maximum Gasteiger partial charge on any atom is 0.271 e. The molecule has 0 radical (unpaired) electrons. The van der Waals surface area contributed by atoms with Crippen molar-refractivity contribution in [3.63, 3.8) is 0 Å². The van der Waals surface area contributed by atoms with Crippen LogP contribution in [-0.4, -0.2) is 28.2 Å². The largest absolute Gasteiger partial charge is 0.508 e. The Balaban J connectivity index is 1.96. The van der Waals surface area contributed by atoms with Crippen molar-refractivity contribution in [2.45, 2.75) is 13.8 Å². The first-order valence-corrected chi connectivity index (χ1v) is 7.63. The number of hydrazone groups is 1. The Hall–Kier alpha value is -3.35. The molecule has 2 aromatic rings. The van der Waals surface area contributed by atoms with Crippen LogP contribution >= 0.6 is 0 Å². The molecule has 2 aromatic carbocycles. The number of nitrogens with one attached hydrogen (secondary N) is 2. The molecule has 7 nitrogen and oxygen atoms in total. The van der Waals surface area contributed by atoms with Gasteiger partial charge in [-0.25, -0.2) is 5.43 Å². The second-order valence-electron chi connectivity index (χ2n) is 5.66. The van der Waals surface area contributed by atoms with Crippen LogP contribution in [0, 0.1) is 5.92 Å². The van der Waals surface area contributed by atoms with Crippen molar-refractivity contribution < 1.29 is 19.8 Å². The van der Waals surface area contributed by atoms with Crippen molar-refractivity contribution in [1.82, 2.24) is 5.43 Å². The summed E-state index contributed by atoms with van der Waals surface area (Å²) in [6, 6.07) is 10.4. The van der Waals surface area contributed by atoms with Gasteiger partial charge in [-0.2, -0.15) is 5.10 Å². The molecule has 0 aliphatic heterocycles. The second kappa shape index (κ2) is 7.96. The highest BCUT2D eigenvalue weighted by molar-refractivity contribution is 5.96. The molecule has 0 fully saturated rings. The number of aromatic hydroxyl groups is 2. The third-order valence-electron chi connectivity index (χ3n) is 3.32. The van der Waals surface area contributed by atoms with Gasteiger partial charge in [0.25, 0.3) is 5.91 Å². The Labute approximate surface area is 145 Å². The molecule has 0 heterocycles. The number of phenols is 2. The average molecular weight is 341 g/mol. The molecule has 0 atom stereocenters. The van der Waals surface area contributed by atoms with Crippen molar-refractivity contribution in [2.24, 2.45) is 11.0 Å². The SMILES string of the molecule is CC(C)C(=O)Nc1ccc(C(=O)N/N=C/c2ccc(O)cc2O)cc1. The summed E-state index contributed by atoms with van der Waals surface area (Å²) in [5.74, 6) is -0.882. The lowest BCUT2D eigenvalue weighted by Gasteiger charge is -2.08. The van der Waals surface area contributed by atoms with Gasteiger partial charge in [-0.3, -0.25) is 9.59 Å². The zero-order chi connectivity index (χ0) is 18.4. The number of benzene rings is 2. The Morgan fingerprint density at radius 3 is 2.36 bits per heavy atom. The zero-order valence-electron chi connectivity index (χ0n) is 13.9. The van der Waals surface area contributed by atoms with Crippen LogP contribution in [0.2, 0.25) is 0 Å².